The Kier molecular flexibility index (Phi) is 5.16. The molecule has 1 N–H and O–H groups in total. The molecule has 2 amide bonds. The molecule has 23 heavy (non-hydrogen) atoms. The van der Waals surface area contributed by atoms with E-state index in [9.17, 15) is 9.59 Å². The van der Waals surface area contributed by atoms with Gasteiger partial charge >= 0.3 is 0 Å². The van der Waals surface area contributed by atoms with Crippen LogP contribution in [0.3, 0.4) is 0 Å². The van der Waals surface area contributed by atoms with Gasteiger partial charge in [0.05, 0.1) is 0 Å². The number of nitrogens with zero attached hydrogens (tertiary/aromatic N) is 1. The van der Waals surface area contributed by atoms with E-state index in [1.807, 2.05) is 44.2 Å². The molecular formula is C19H22N2O2. The van der Waals surface area contributed by atoms with Crippen LogP contribution in [0.15, 0.2) is 42.5 Å². The zero-order chi connectivity index (χ0) is 17.0. The van der Waals surface area contributed by atoms with Crippen molar-refractivity contribution < 1.29 is 9.59 Å². The van der Waals surface area contributed by atoms with E-state index in [1.54, 1.807) is 31.1 Å². The molecule has 0 saturated carbocycles. The molecule has 2 rings (SSSR count). The highest BCUT2D eigenvalue weighted by molar-refractivity contribution is 5.95. The molecule has 0 atom stereocenters. The summed E-state index contributed by atoms with van der Waals surface area (Å²) >= 11 is 0. The lowest BCUT2D eigenvalue weighted by Gasteiger charge is -2.19. The number of carbonyl (C=O) groups is 2. The first-order valence-electron chi connectivity index (χ1n) is 7.56. The fraction of sp³-hybridized carbons (Fsp3) is 0.263. The van der Waals surface area contributed by atoms with Crippen molar-refractivity contribution in [3.63, 3.8) is 0 Å². The van der Waals surface area contributed by atoms with Crippen LogP contribution < -0.4 is 5.32 Å². The van der Waals surface area contributed by atoms with Gasteiger partial charge in [0.25, 0.3) is 11.8 Å². The molecule has 0 fully saturated rings. The third-order valence-electron chi connectivity index (χ3n) is 3.82. The molecule has 0 spiro atoms. The predicted octanol–water partition coefficient (Wildman–Crippen LogP) is 2.94. The fourth-order valence-corrected chi connectivity index (χ4v) is 2.51. The molecule has 0 aliphatic heterocycles. The molecule has 2 aromatic carbocycles. The standard InChI is InChI=1S/C19H22N2O2/c1-13-5-10-17(14(2)11-13)19(23)21(4)12-15-6-8-16(9-7-15)18(22)20-3/h5-11H,12H2,1-4H3,(H,20,22). The molecule has 0 radical (unpaired) electrons. The molecule has 0 aliphatic rings. The van der Waals surface area contributed by atoms with Crippen LogP contribution in [0.4, 0.5) is 0 Å². The van der Waals surface area contributed by atoms with Crippen LogP contribution in [0.25, 0.3) is 0 Å². The first-order valence-corrected chi connectivity index (χ1v) is 7.56. The van der Waals surface area contributed by atoms with Crippen molar-refractivity contribution in [3.05, 3.63) is 70.3 Å². The molecular weight excluding hydrogens is 288 g/mol. The van der Waals surface area contributed by atoms with E-state index in [-0.39, 0.29) is 11.8 Å². The number of aryl methyl sites for hydroxylation is 2. The van der Waals surface area contributed by atoms with Gasteiger partial charge in [-0.2, -0.15) is 0 Å². The van der Waals surface area contributed by atoms with Gasteiger partial charge in [-0.25, -0.2) is 0 Å². The lowest BCUT2D eigenvalue weighted by molar-refractivity contribution is 0.0784. The van der Waals surface area contributed by atoms with Crippen LogP contribution in [0, 0.1) is 13.8 Å². The summed E-state index contributed by atoms with van der Waals surface area (Å²) in [7, 11) is 3.39. The molecule has 4 heteroatoms. The lowest BCUT2D eigenvalue weighted by Crippen LogP contribution is -2.27. The monoisotopic (exact) mass is 310 g/mol. The topological polar surface area (TPSA) is 49.4 Å². The molecule has 0 heterocycles. The van der Waals surface area contributed by atoms with Crippen LogP contribution in [-0.2, 0) is 6.54 Å². The van der Waals surface area contributed by atoms with Crippen molar-refractivity contribution in [2.45, 2.75) is 20.4 Å². The summed E-state index contributed by atoms with van der Waals surface area (Å²) in [5.41, 5.74) is 4.45. The number of amides is 2. The van der Waals surface area contributed by atoms with E-state index in [2.05, 4.69) is 5.32 Å². The van der Waals surface area contributed by atoms with E-state index < -0.39 is 0 Å². The van der Waals surface area contributed by atoms with E-state index >= 15 is 0 Å². The van der Waals surface area contributed by atoms with Crippen LogP contribution in [0.5, 0.6) is 0 Å². The van der Waals surface area contributed by atoms with Gasteiger partial charge in [0.1, 0.15) is 0 Å². The van der Waals surface area contributed by atoms with Crippen molar-refractivity contribution >= 4 is 11.8 Å². The third-order valence-corrected chi connectivity index (χ3v) is 3.82. The van der Waals surface area contributed by atoms with Gasteiger partial charge in [-0.3, -0.25) is 9.59 Å². The van der Waals surface area contributed by atoms with Gasteiger partial charge in [0.15, 0.2) is 0 Å². The first-order chi connectivity index (χ1) is 10.9. The summed E-state index contributed by atoms with van der Waals surface area (Å²) in [5, 5.41) is 2.59. The van der Waals surface area contributed by atoms with Crippen molar-refractivity contribution in [1.82, 2.24) is 10.2 Å². The Morgan fingerprint density at radius 1 is 1.04 bits per heavy atom. The second kappa shape index (κ2) is 7.09. The number of rotatable bonds is 4. The van der Waals surface area contributed by atoms with Gasteiger partial charge in [-0.1, -0.05) is 29.8 Å². The van der Waals surface area contributed by atoms with Crippen LogP contribution in [0.2, 0.25) is 0 Å². The Bertz CT molecular complexity index is 721. The first kappa shape index (κ1) is 16.7. The SMILES string of the molecule is CNC(=O)c1ccc(CN(C)C(=O)c2ccc(C)cc2C)cc1. The number of nitrogens with one attached hydrogen (secondary N) is 1. The maximum atomic E-state index is 12.6. The van der Waals surface area contributed by atoms with Gasteiger partial charge in [-0.15, -0.1) is 0 Å². The summed E-state index contributed by atoms with van der Waals surface area (Å²) in [6, 6.07) is 13.1. The van der Waals surface area contributed by atoms with Crippen molar-refractivity contribution in [2.24, 2.45) is 0 Å². The molecule has 120 valence electrons. The Balaban J connectivity index is 2.10. The molecule has 0 unspecified atom stereocenters. The normalized spacial score (nSPS) is 10.3. The summed E-state index contributed by atoms with van der Waals surface area (Å²) in [5.74, 6) is -0.117. The Hall–Kier alpha value is -2.62. The molecule has 4 nitrogen and oxygen atoms in total. The van der Waals surface area contributed by atoms with Crippen molar-refractivity contribution in [3.8, 4) is 0 Å². The van der Waals surface area contributed by atoms with Gasteiger partial charge < -0.3 is 10.2 Å². The molecule has 2 aromatic rings. The lowest BCUT2D eigenvalue weighted by atomic mass is 10.0. The zero-order valence-corrected chi connectivity index (χ0v) is 14.0. The minimum absolute atomic E-state index is 0.00197. The minimum Gasteiger partial charge on any atom is -0.355 e. The number of hydrogen-bond acceptors (Lipinski definition) is 2. The maximum absolute atomic E-state index is 12.6. The molecule has 0 aromatic heterocycles. The van der Waals surface area contributed by atoms with Gasteiger partial charge in [0.2, 0.25) is 0 Å². The predicted molar refractivity (Wildman–Crippen MR) is 91.5 cm³/mol. The summed E-state index contributed by atoms with van der Waals surface area (Å²) in [6.45, 7) is 4.46. The van der Waals surface area contributed by atoms with E-state index in [0.29, 0.717) is 12.1 Å². The Morgan fingerprint density at radius 3 is 2.26 bits per heavy atom. The van der Waals surface area contributed by atoms with E-state index in [0.717, 1.165) is 22.3 Å². The van der Waals surface area contributed by atoms with E-state index in [4.69, 9.17) is 0 Å². The van der Waals surface area contributed by atoms with Crippen molar-refractivity contribution in [1.29, 1.82) is 0 Å². The quantitative estimate of drug-likeness (QED) is 0.944. The van der Waals surface area contributed by atoms with E-state index in [1.165, 1.54) is 0 Å². The highest BCUT2D eigenvalue weighted by atomic mass is 16.2. The highest BCUT2D eigenvalue weighted by Crippen LogP contribution is 2.14. The molecule has 0 bridgehead atoms. The zero-order valence-electron chi connectivity index (χ0n) is 14.0. The summed E-state index contributed by atoms with van der Waals surface area (Å²) in [6.07, 6.45) is 0. The third kappa shape index (κ3) is 3.97. The van der Waals surface area contributed by atoms with Gasteiger partial charge in [-0.05, 0) is 43.2 Å². The highest BCUT2D eigenvalue weighted by Gasteiger charge is 2.14. The maximum Gasteiger partial charge on any atom is 0.254 e. The van der Waals surface area contributed by atoms with Crippen molar-refractivity contribution in [2.75, 3.05) is 14.1 Å². The summed E-state index contributed by atoms with van der Waals surface area (Å²) in [4.78, 5) is 25.8. The molecule has 0 saturated heterocycles. The van der Waals surface area contributed by atoms with Crippen LogP contribution in [0.1, 0.15) is 37.4 Å². The average molecular weight is 310 g/mol. The number of benzene rings is 2. The Morgan fingerprint density at radius 2 is 1.70 bits per heavy atom. The molecule has 0 aliphatic carbocycles. The smallest absolute Gasteiger partial charge is 0.254 e. The number of hydrogen-bond donors (Lipinski definition) is 1. The Labute approximate surface area is 137 Å². The van der Waals surface area contributed by atoms with Crippen LogP contribution in [-0.4, -0.2) is 30.8 Å². The van der Waals surface area contributed by atoms with Gasteiger partial charge in [0, 0.05) is 31.8 Å². The summed E-state index contributed by atoms with van der Waals surface area (Å²) < 4.78 is 0. The largest absolute Gasteiger partial charge is 0.355 e. The fourth-order valence-electron chi connectivity index (χ4n) is 2.51. The minimum atomic E-state index is -0.115. The second-order valence-corrected chi connectivity index (χ2v) is 5.76. The number of carbonyl (C=O) groups excluding carboxylic acids is 2. The second-order valence-electron chi connectivity index (χ2n) is 5.76. The average Bonchev–Trinajstić information content (AvgIpc) is 2.54. The van der Waals surface area contributed by atoms with Crippen LogP contribution >= 0.6 is 0 Å².